The van der Waals surface area contributed by atoms with Crippen molar-refractivity contribution in [2.45, 2.75) is 45.1 Å². The van der Waals surface area contributed by atoms with Crippen molar-refractivity contribution in [3.63, 3.8) is 0 Å². The van der Waals surface area contributed by atoms with Crippen LogP contribution in [-0.2, 0) is 16.0 Å². The Hall–Kier alpha value is -3.16. The van der Waals surface area contributed by atoms with Crippen molar-refractivity contribution in [1.29, 1.82) is 0 Å². The number of halogens is 2. The van der Waals surface area contributed by atoms with Crippen LogP contribution in [0.1, 0.15) is 54.0 Å². The summed E-state index contributed by atoms with van der Waals surface area (Å²) in [7, 11) is 0. The molecule has 0 aromatic heterocycles. The molecule has 3 aromatic carbocycles. The SMILES string of the molecule is Cc1ccc(C2=NC(COCCN3CCCCC3)=C(C(=O)O)C(c3ccc(Cl)c(Cl)c3)N2CCCc2ccccc2)cc1. The zero-order valence-corrected chi connectivity index (χ0v) is 26.2. The van der Waals surface area contributed by atoms with E-state index in [9.17, 15) is 9.90 Å². The van der Waals surface area contributed by atoms with Crippen LogP contribution >= 0.6 is 23.2 Å². The number of aryl methyl sites for hydroxylation is 2. The quantitative estimate of drug-likeness (QED) is 0.212. The number of nitrogens with zero attached hydrogens (tertiary/aromatic N) is 3. The highest BCUT2D eigenvalue weighted by atomic mass is 35.5. The number of aliphatic carboxylic acids is 1. The molecule has 8 heteroatoms. The molecular formula is C35H39Cl2N3O3. The Morgan fingerprint density at radius 2 is 1.70 bits per heavy atom. The minimum Gasteiger partial charge on any atom is -0.478 e. The van der Waals surface area contributed by atoms with Gasteiger partial charge in [0.25, 0.3) is 0 Å². The van der Waals surface area contributed by atoms with E-state index in [1.165, 1.54) is 24.8 Å². The largest absolute Gasteiger partial charge is 0.478 e. The number of hydrogen-bond acceptors (Lipinski definition) is 5. The number of carbonyl (C=O) groups is 1. The molecule has 43 heavy (non-hydrogen) atoms. The first-order valence-electron chi connectivity index (χ1n) is 15.1. The average molecular weight is 621 g/mol. The molecule has 2 aliphatic rings. The lowest BCUT2D eigenvalue weighted by Gasteiger charge is -2.39. The van der Waals surface area contributed by atoms with E-state index in [2.05, 4.69) is 34.1 Å². The number of likely N-dealkylation sites (tertiary alicyclic amines) is 1. The molecule has 1 unspecified atom stereocenters. The molecule has 1 atom stereocenters. The summed E-state index contributed by atoms with van der Waals surface area (Å²) in [5.41, 5.74) is 4.67. The summed E-state index contributed by atoms with van der Waals surface area (Å²) in [6.45, 7) is 6.26. The molecular weight excluding hydrogens is 581 g/mol. The van der Waals surface area contributed by atoms with E-state index in [4.69, 9.17) is 32.9 Å². The second-order valence-corrected chi connectivity index (χ2v) is 12.1. The van der Waals surface area contributed by atoms with E-state index in [1.807, 2.05) is 43.3 Å². The minimum atomic E-state index is -1.02. The van der Waals surface area contributed by atoms with Gasteiger partial charge in [0.15, 0.2) is 0 Å². The molecule has 1 fully saturated rings. The maximum Gasteiger partial charge on any atom is 0.336 e. The van der Waals surface area contributed by atoms with Crippen molar-refractivity contribution in [1.82, 2.24) is 9.80 Å². The second-order valence-electron chi connectivity index (χ2n) is 11.3. The third-order valence-electron chi connectivity index (χ3n) is 8.16. The number of aliphatic imine (C=N–C) groups is 1. The number of ether oxygens (including phenoxy) is 1. The zero-order valence-electron chi connectivity index (χ0n) is 24.6. The Labute approximate surface area is 264 Å². The zero-order chi connectivity index (χ0) is 30.2. The number of amidine groups is 1. The maximum atomic E-state index is 13.0. The number of benzene rings is 3. The number of carboxylic acid groups (broad SMARTS) is 1. The van der Waals surface area contributed by atoms with Gasteiger partial charge in [0.1, 0.15) is 5.84 Å². The number of rotatable bonds is 12. The van der Waals surface area contributed by atoms with Crippen molar-refractivity contribution in [2.24, 2.45) is 4.99 Å². The third-order valence-corrected chi connectivity index (χ3v) is 8.89. The number of carboxylic acids is 1. The fourth-order valence-corrected chi connectivity index (χ4v) is 6.19. The lowest BCUT2D eigenvalue weighted by atomic mass is 9.92. The van der Waals surface area contributed by atoms with Crippen molar-refractivity contribution in [2.75, 3.05) is 39.4 Å². The molecule has 0 spiro atoms. The second kappa shape index (κ2) is 15.0. The van der Waals surface area contributed by atoms with Gasteiger partial charge in [-0.2, -0.15) is 0 Å². The summed E-state index contributed by atoms with van der Waals surface area (Å²) in [5.74, 6) is -0.297. The van der Waals surface area contributed by atoms with Crippen LogP contribution in [0, 0.1) is 6.92 Å². The lowest BCUT2D eigenvalue weighted by Crippen LogP contribution is -2.42. The highest BCUT2D eigenvalue weighted by molar-refractivity contribution is 6.42. The van der Waals surface area contributed by atoms with Crippen LogP contribution in [-0.4, -0.2) is 66.1 Å². The highest BCUT2D eigenvalue weighted by Crippen LogP contribution is 2.39. The van der Waals surface area contributed by atoms with Crippen LogP contribution in [0.25, 0.3) is 0 Å². The van der Waals surface area contributed by atoms with Gasteiger partial charge in [0.2, 0.25) is 0 Å². The Kier molecular flexibility index (Phi) is 10.9. The molecule has 0 aliphatic carbocycles. The van der Waals surface area contributed by atoms with Gasteiger partial charge in [0.05, 0.1) is 40.6 Å². The molecule has 1 N–H and O–H groups in total. The van der Waals surface area contributed by atoms with Gasteiger partial charge in [0, 0.05) is 18.7 Å². The predicted molar refractivity (Wildman–Crippen MR) is 174 cm³/mol. The summed E-state index contributed by atoms with van der Waals surface area (Å²) in [6.07, 6.45) is 5.36. The first-order chi connectivity index (χ1) is 20.9. The van der Waals surface area contributed by atoms with E-state index in [0.717, 1.165) is 55.0 Å². The van der Waals surface area contributed by atoms with Crippen molar-refractivity contribution < 1.29 is 14.6 Å². The lowest BCUT2D eigenvalue weighted by molar-refractivity contribution is -0.133. The normalized spacial score (nSPS) is 17.7. The molecule has 0 saturated carbocycles. The van der Waals surface area contributed by atoms with Crippen LogP contribution in [0.5, 0.6) is 0 Å². The van der Waals surface area contributed by atoms with Gasteiger partial charge < -0.3 is 19.6 Å². The molecule has 0 bridgehead atoms. The fraction of sp³-hybridized carbons (Fsp3) is 0.371. The summed E-state index contributed by atoms with van der Waals surface area (Å²) >= 11 is 12.8. The van der Waals surface area contributed by atoms with Crippen LogP contribution in [0.2, 0.25) is 10.0 Å². The molecule has 2 heterocycles. The molecule has 5 rings (SSSR count). The monoisotopic (exact) mass is 619 g/mol. The van der Waals surface area contributed by atoms with Crippen molar-refractivity contribution in [3.05, 3.63) is 116 Å². The van der Waals surface area contributed by atoms with E-state index in [0.29, 0.717) is 28.9 Å². The smallest absolute Gasteiger partial charge is 0.336 e. The number of hydrogen-bond donors (Lipinski definition) is 1. The van der Waals surface area contributed by atoms with E-state index >= 15 is 0 Å². The molecule has 1 saturated heterocycles. The molecule has 6 nitrogen and oxygen atoms in total. The van der Waals surface area contributed by atoms with Gasteiger partial charge in [-0.3, -0.25) is 0 Å². The Balaban J connectivity index is 1.51. The molecule has 0 radical (unpaired) electrons. The summed E-state index contributed by atoms with van der Waals surface area (Å²) in [5, 5.41) is 11.5. The summed E-state index contributed by atoms with van der Waals surface area (Å²) in [4.78, 5) is 22.6. The van der Waals surface area contributed by atoms with Crippen LogP contribution in [0.4, 0.5) is 0 Å². The standard InChI is InChI=1S/C35H39Cl2N3O3/c1-25-12-14-27(15-13-25)34-38-31(24-43-22-21-39-18-6-3-7-19-39)32(35(41)42)33(28-16-17-29(36)30(37)23-28)40(34)20-8-11-26-9-4-2-5-10-26/h2,4-5,9-10,12-17,23,33H,3,6-8,11,18-22,24H2,1H3,(H,41,42). The first-order valence-corrected chi connectivity index (χ1v) is 15.8. The highest BCUT2D eigenvalue weighted by Gasteiger charge is 2.37. The van der Waals surface area contributed by atoms with Crippen molar-refractivity contribution >= 4 is 35.0 Å². The van der Waals surface area contributed by atoms with Gasteiger partial charge in [-0.15, -0.1) is 0 Å². The maximum absolute atomic E-state index is 13.0. The van der Waals surface area contributed by atoms with E-state index < -0.39 is 12.0 Å². The van der Waals surface area contributed by atoms with Gasteiger partial charge in [-0.05, 0) is 69.0 Å². The molecule has 226 valence electrons. The van der Waals surface area contributed by atoms with Crippen LogP contribution in [0.15, 0.2) is 89.1 Å². The van der Waals surface area contributed by atoms with Crippen LogP contribution < -0.4 is 0 Å². The molecule has 2 aliphatic heterocycles. The minimum absolute atomic E-state index is 0.112. The molecule has 3 aromatic rings. The Bertz CT molecular complexity index is 1450. The Morgan fingerprint density at radius 1 is 0.953 bits per heavy atom. The Morgan fingerprint density at radius 3 is 2.40 bits per heavy atom. The van der Waals surface area contributed by atoms with Crippen molar-refractivity contribution in [3.8, 4) is 0 Å². The topological polar surface area (TPSA) is 65.4 Å². The van der Waals surface area contributed by atoms with Gasteiger partial charge in [-0.1, -0.05) is 95.8 Å². The molecule has 0 amide bonds. The van der Waals surface area contributed by atoms with E-state index in [1.54, 1.807) is 12.1 Å². The summed E-state index contributed by atoms with van der Waals surface area (Å²) < 4.78 is 6.13. The van der Waals surface area contributed by atoms with Gasteiger partial charge >= 0.3 is 5.97 Å². The first kappa shape index (κ1) is 31.3. The average Bonchev–Trinajstić information content (AvgIpc) is 3.02. The fourth-order valence-electron chi connectivity index (χ4n) is 5.88. The summed E-state index contributed by atoms with van der Waals surface area (Å²) in [6, 6.07) is 23.3. The van der Waals surface area contributed by atoms with Crippen LogP contribution in [0.3, 0.4) is 0 Å². The van der Waals surface area contributed by atoms with E-state index in [-0.39, 0.29) is 12.2 Å². The van der Waals surface area contributed by atoms with Gasteiger partial charge in [-0.25, -0.2) is 9.79 Å². The number of piperidine rings is 1. The third kappa shape index (κ3) is 8.07. The predicted octanol–water partition coefficient (Wildman–Crippen LogP) is 7.58.